The quantitative estimate of drug-likeness (QED) is 0.683. The Balaban J connectivity index is 1.82. The summed E-state index contributed by atoms with van der Waals surface area (Å²) in [5.41, 5.74) is 0.230. The number of hydrogen-bond donors (Lipinski definition) is 2. The summed E-state index contributed by atoms with van der Waals surface area (Å²) in [5, 5.41) is 18.1. The molecule has 0 unspecified atom stereocenters. The van der Waals surface area contributed by atoms with Crippen molar-refractivity contribution in [3.63, 3.8) is 0 Å². The van der Waals surface area contributed by atoms with Gasteiger partial charge in [0.1, 0.15) is 17.5 Å². The van der Waals surface area contributed by atoms with E-state index in [4.69, 9.17) is 4.42 Å². The largest absolute Gasteiger partial charge is 0.444 e. The number of nitrogens with zero attached hydrogens (tertiary/aromatic N) is 4. The Kier molecular flexibility index (Phi) is 3.90. The van der Waals surface area contributed by atoms with Crippen molar-refractivity contribution in [2.45, 2.75) is 19.0 Å². The van der Waals surface area contributed by atoms with Crippen LogP contribution in [0.25, 0.3) is 10.8 Å². The lowest BCUT2D eigenvalue weighted by atomic mass is 10.2. The zero-order valence-corrected chi connectivity index (χ0v) is 13.5. The summed E-state index contributed by atoms with van der Waals surface area (Å²) in [5.74, 6) is 0.484. The van der Waals surface area contributed by atoms with Crippen LogP contribution < -0.4 is 10.9 Å². The molecule has 9 nitrogen and oxygen atoms in total. The van der Waals surface area contributed by atoms with Crippen LogP contribution in [0.4, 0.5) is 5.88 Å². The van der Waals surface area contributed by atoms with E-state index in [1.54, 1.807) is 31.8 Å². The number of hydrogen-bond acceptors (Lipinski definition) is 7. The highest BCUT2D eigenvalue weighted by atomic mass is 32.2. The van der Waals surface area contributed by atoms with E-state index in [9.17, 15) is 9.59 Å². The summed E-state index contributed by atoms with van der Waals surface area (Å²) >= 11 is 1.24. The first kappa shape index (κ1) is 15.3. The standard InChI is InChI=1S/C13H14N6O3S/c1-6-9-7(2)22-12(10(9)11(21)17-16-6)15-8(20)4-23-13-18-14-5-19(13)3/h5H,4H2,1-3H3,(H,15,20)(H,17,21). The second-order valence-electron chi connectivity index (χ2n) is 4.94. The van der Waals surface area contributed by atoms with Crippen molar-refractivity contribution in [2.75, 3.05) is 11.1 Å². The van der Waals surface area contributed by atoms with Crippen LogP contribution in [0.15, 0.2) is 20.7 Å². The molecule has 0 spiro atoms. The highest BCUT2D eigenvalue weighted by Gasteiger charge is 2.19. The third-order valence-electron chi connectivity index (χ3n) is 3.25. The molecule has 2 N–H and O–H groups in total. The van der Waals surface area contributed by atoms with Gasteiger partial charge < -0.3 is 8.98 Å². The third kappa shape index (κ3) is 2.84. The number of aryl methyl sites for hydroxylation is 3. The number of H-pyrrole nitrogens is 1. The number of carbonyl (C=O) groups excluding carboxylic acids is 1. The number of amides is 1. The Labute approximate surface area is 134 Å². The van der Waals surface area contributed by atoms with Crippen molar-refractivity contribution in [1.29, 1.82) is 0 Å². The van der Waals surface area contributed by atoms with Gasteiger partial charge in [0.25, 0.3) is 5.56 Å². The van der Waals surface area contributed by atoms with Crippen molar-refractivity contribution >= 4 is 34.3 Å². The van der Waals surface area contributed by atoms with Crippen molar-refractivity contribution in [1.82, 2.24) is 25.0 Å². The molecular weight excluding hydrogens is 320 g/mol. The molecule has 0 atom stereocenters. The van der Waals surface area contributed by atoms with Crippen LogP contribution in [0.2, 0.25) is 0 Å². The van der Waals surface area contributed by atoms with E-state index in [0.29, 0.717) is 27.4 Å². The van der Waals surface area contributed by atoms with Crippen molar-refractivity contribution < 1.29 is 9.21 Å². The molecule has 3 rings (SSSR count). The topological polar surface area (TPSA) is 119 Å². The molecule has 0 saturated heterocycles. The average Bonchev–Trinajstić information content (AvgIpc) is 3.05. The Morgan fingerprint density at radius 3 is 2.91 bits per heavy atom. The molecule has 120 valence electrons. The molecule has 0 bridgehead atoms. The van der Waals surface area contributed by atoms with Gasteiger partial charge in [0.05, 0.1) is 16.8 Å². The second-order valence-corrected chi connectivity index (χ2v) is 5.88. The van der Waals surface area contributed by atoms with Gasteiger partial charge >= 0.3 is 0 Å². The van der Waals surface area contributed by atoms with Gasteiger partial charge in [-0.15, -0.1) is 10.2 Å². The fraction of sp³-hybridized carbons (Fsp3) is 0.308. The van der Waals surface area contributed by atoms with Crippen molar-refractivity contribution in [3.05, 3.63) is 28.1 Å². The van der Waals surface area contributed by atoms with Crippen LogP contribution in [-0.4, -0.2) is 36.6 Å². The van der Waals surface area contributed by atoms with Gasteiger partial charge in [-0.3, -0.25) is 14.9 Å². The van der Waals surface area contributed by atoms with E-state index in [-0.39, 0.29) is 17.5 Å². The van der Waals surface area contributed by atoms with Crippen LogP contribution in [0, 0.1) is 13.8 Å². The molecule has 0 aliphatic heterocycles. The number of aromatic amines is 1. The van der Waals surface area contributed by atoms with E-state index in [1.807, 2.05) is 0 Å². The Bertz CT molecular complexity index is 941. The minimum Gasteiger partial charge on any atom is -0.444 e. The monoisotopic (exact) mass is 334 g/mol. The van der Waals surface area contributed by atoms with E-state index in [0.717, 1.165) is 0 Å². The maximum Gasteiger partial charge on any atom is 0.277 e. The molecule has 0 aliphatic carbocycles. The first-order valence-electron chi connectivity index (χ1n) is 6.72. The molecule has 23 heavy (non-hydrogen) atoms. The summed E-state index contributed by atoms with van der Waals surface area (Å²) in [4.78, 5) is 24.1. The number of anilines is 1. The molecule has 0 fully saturated rings. The minimum absolute atomic E-state index is 0.121. The molecular formula is C13H14N6O3S. The molecule has 3 aromatic heterocycles. The van der Waals surface area contributed by atoms with Crippen LogP contribution in [0.5, 0.6) is 0 Å². The SMILES string of the molecule is Cc1n[nH]c(=O)c2c(NC(=O)CSc3nncn3C)oc(C)c12. The maximum atomic E-state index is 12.1. The first-order valence-corrected chi connectivity index (χ1v) is 7.71. The van der Waals surface area contributed by atoms with Crippen LogP contribution in [-0.2, 0) is 11.8 Å². The maximum absolute atomic E-state index is 12.1. The molecule has 10 heteroatoms. The Morgan fingerprint density at radius 2 is 2.22 bits per heavy atom. The molecule has 0 aliphatic rings. The molecule has 0 radical (unpaired) electrons. The normalized spacial score (nSPS) is 11.1. The average molecular weight is 334 g/mol. The summed E-state index contributed by atoms with van der Waals surface area (Å²) in [6, 6.07) is 0. The fourth-order valence-corrected chi connectivity index (χ4v) is 2.92. The lowest BCUT2D eigenvalue weighted by Crippen LogP contribution is -2.16. The van der Waals surface area contributed by atoms with Crippen molar-refractivity contribution in [3.8, 4) is 0 Å². The van der Waals surface area contributed by atoms with E-state index in [2.05, 4.69) is 25.7 Å². The minimum atomic E-state index is -0.404. The van der Waals surface area contributed by atoms with E-state index < -0.39 is 5.56 Å². The smallest absolute Gasteiger partial charge is 0.277 e. The van der Waals surface area contributed by atoms with E-state index >= 15 is 0 Å². The zero-order valence-electron chi connectivity index (χ0n) is 12.7. The predicted octanol–water partition coefficient (Wildman–Crippen LogP) is 0.992. The van der Waals surface area contributed by atoms with Gasteiger partial charge in [0.15, 0.2) is 5.16 Å². The Morgan fingerprint density at radius 1 is 1.43 bits per heavy atom. The van der Waals surface area contributed by atoms with Gasteiger partial charge in [-0.2, -0.15) is 5.10 Å². The summed E-state index contributed by atoms with van der Waals surface area (Å²) < 4.78 is 7.24. The molecule has 3 heterocycles. The van der Waals surface area contributed by atoms with Gasteiger partial charge in [0, 0.05) is 7.05 Å². The molecule has 3 aromatic rings. The number of thioether (sulfide) groups is 1. The second kappa shape index (κ2) is 5.88. The number of nitrogens with one attached hydrogen (secondary N) is 2. The third-order valence-corrected chi connectivity index (χ3v) is 4.29. The number of rotatable bonds is 4. The number of carbonyl (C=O) groups is 1. The molecule has 1 amide bonds. The summed E-state index contributed by atoms with van der Waals surface area (Å²) in [6.45, 7) is 3.48. The molecule has 0 saturated carbocycles. The van der Waals surface area contributed by atoms with Gasteiger partial charge in [-0.05, 0) is 13.8 Å². The number of furan rings is 1. The van der Waals surface area contributed by atoms with Crippen LogP contribution in [0.1, 0.15) is 11.5 Å². The highest BCUT2D eigenvalue weighted by molar-refractivity contribution is 7.99. The van der Waals surface area contributed by atoms with E-state index in [1.165, 1.54) is 11.8 Å². The molecule has 0 aromatic carbocycles. The first-order chi connectivity index (χ1) is 11.0. The summed E-state index contributed by atoms with van der Waals surface area (Å²) in [6.07, 6.45) is 1.55. The van der Waals surface area contributed by atoms with Gasteiger partial charge in [0.2, 0.25) is 11.8 Å². The van der Waals surface area contributed by atoms with Crippen LogP contribution in [0.3, 0.4) is 0 Å². The van der Waals surface area contributed by atoms with Crippen LogP contribution >= 0.6 is 11.8 Å². The van der Waals surface area contributed by atoms with Crippen molar-refractivity contribution in [2.24, 2.45) is 7.05 Å². The fourth-order valence-electron chi connectivity index (χ4n) is 2.23. The lowest BCUT2D eigenvalue weighted by Gasteiger charge is -2.02. The van der Waals surface area contributed by atoms with Gasteiger partial charge in [-0.25, -0.2) is 5.10 Å². The predicted molar refractivity (Wildman–Crippen MR) is 84.5 cm³/mol. The van der Waals surface area contributed by atoms with Gasteiger partial charge in [-0.1, -0.05) is 11.8 Å². The lowest BCUT2D eigenvalue weighted by molar-refractivity contribution is -0.113. The zero-order chi connectivity index (χ0) is 16.6. The Hall–Kier alpha value is -2.62. The highest BCUT2D eigenvalue weighted by Crippen LogP contribution is 2.28. The number of aromatic nitrogens is 5. The number of fused-ring (bicyclic) bond motifs is 1. The summed E-state index contributed by atoms with van der Waals surface area (Å²) in [7, 11) is 1.79.